The van der Waals surface area contributed by atoms with Crippen LogP contribution in [-0.4, -0.2) is 46.6 Å². The molecule has 29 heavy (non-hydrogen) atoms. The van der Waals surface area contributed by atoms with E-state index in [9.17, 15) is 19.2 Å². The maximum atomic E-state index is 12.4. The molecule has 0 spiro atoms. The zero-order valence-corrected chi connectivity index (χ0v) is 15.3. The van der Waals surface area contributed by atoms with Crippen LogP contribution < -0.4 is 0 Å². The molecule has 1 aliphatic rings. The molecule has 2 aromatic carbocycles. The van der Waals surface area contributed by atoms with Gasteiger partial charge in [-0.2, -0.15) is 0 Å². The Hall–Kier alpha value is -4.00. The van der Waals surface area contributed by atoms with Gasteiger partial charge in [0.1, 0.15) is 0 Å². The summed E-state index contributed by atoms with van der Waals surface area (Å²) in [6.45, 7) is 3.18. The van der Waals surface area contributed by atoms with Gasteiger partial charge in [-0.15, -0.1) is 6.58 Å². The largest absolute Gasteiger partial charge is 0.454 e. The highest BCUT2D eigenvalue weighted by Gasteiger charge is 2.35. The molecule has 2 amide bonds. The van der Waals surface area contributed by atoms with Gasteiger partial charge in [0.2, 0.25) is 5.78 Å². The number of nitrogens with zero attached hydrogens (tertiary/aromatic N) is 1. The molecule has 3 aromatic rings. The number of benzene rings is 2. The van der Waals surface area contributed by atoms with E-state index >= 15 is 0 Å². The van der Waals surface area contributed by atoms with E-state index in [1.807, 2.05) is 18.2 Å². The average molecular weight is 388 g/mol. The van der Waals surface area contributed by atoms with E-state index in [1.54, 1.807) is 12.3 Å². The van der Waals surface area contributed by atoms with Crippen LogP contribution >= 0.6 is 0 Å². The fraction of sp³-hybridized carbons (Fsp3) is 0.0909. The molecular weight excluding hydrogens is 372 g/mol. The Labute approximate surface area is 165 Å². The highest BCUT2D eigenvalue weighted by Crippen LogP contribution is 2.24. The van der Waals surface area contributed by atoms with Crippen LogP contribution in [0.4, 0.5) is 0 Å². The number of esters is 1. The molecule has 0 unspecified atom stereocenters. The Kier molecular flexibility index (Phi) is 4.56. The van der Waals surface area contributed by atoms with Crippen LogP contribution in [0.15, 0.2) is 61.3 Å². The number of nitrogens with one attached hydrogen (secondary N) is 1. The lowest BCUT2D eigenvalue weighted by atomic mass is 10.1. The van der Waals surface area contributed by atoms with Crippen molar-refractivity contribution in [3.05, 3.63) is 83.6 Å². The van der Waals surface area contributed by atoms with Gasteiger partial charge in [-0.05, 0) is 24.3 Å². The van der Waals surface area contributed by atoms with Crippen molar-refractivity contribution < 1.29 is 23.9 Å². The fourth-order valence-electron chi connectivity index (χ4n) is 3.31. The van der Waals surface area contributed by atoms with Gasteiger partial charge < -0.3 is 9.72 Å². The third-order valence-corrected chi connectivity index (χ3v) is 4.74. The van der Waals surface area contributed by atoms with Crippen LogP contribution in [0, 0.1) is 0 Å². The summed E-state index contributed by atoms with van der Waals surface area (Å²) in [5.41, 5.74) is 1.70. The van der Waals surface area contributed by atoms with Crippen molar-refractivity contribution >= 4 is 34.5 Å². The van der Waals surface area contributed by atoms with Gasteiger partial charge >= 0.3 is 5.97 Å². The van der Waals surface area contributed by atoms with E-state index in [1.165, 1.54) is 24.3 Å². The van der Waals surface area contributed by atoms with E-state index < -0.39 is 24.4 Å². The first kappa shape index (κ1) is 18.4. The Morgan fingerprint density at radius 1 is 1.07 bits per heavy atom. The number of amides is 2. The molecule has 7 heteroatoms. The highest BCUT2D eigenvalue weighted by molar-refractivity contribution is 6.22. The third kappa shape index (κ3) is 3.12. The Morgan fingerprint density at radius 2 is 1.83 bits per heavy atom. The van der Waals surface area contributed by atoms with Crippen LogP contribution in [0.5, 0.6) is 0 Å². The predicted octanol–water partition coefficient (Wildman–Crippen LogP) is 2.99. The van der Waals surface area contributed by atoms with Gasteiger partial charge in [-0.1, -0.05) is 24.3 Å². The van der Waals surface area contributed by atoms with E-state index in [0.717, 1.165) is 15.8 Å². The van der Waals surface area contributed by atoms with Gasteiger partial charge in [-0.25, -0.2) is 4.79 Å². The van der Waals surface area contributed by atoms with E-state index in [2.05, 4.69) is 11.6 Å². The summed E-state index contributed by atoms with van der Waals surface area (Å²) in [4.78, 5) is 53.4. The van der Waals surface area contributed by atoms with Crippen molar-refractivity contribution in [3.63, 3.8) is 0 Å². The first-order chi connectivity index (χ1) is 14.0. The summed E-state index contributed by atoms with van der Waals surface area (Å²) in [6.07, 6.45) is 3.03. The molecule has 0 aliphatic carbocycles. The second kappa shape index (κ2) is 7.20. The first-order valence-electron chi connectivity index (χ1n) is 8.89. The van der Waals surface area contributed by atoms with Gasteiger partial charge in [-0.3, -0.25) is 19.3 Å². The van der Waals surface area contributed by atoms with Crippen molar-refractivity contribution in [1.29, 1.82) is 0 Å². The van der Waals surface area contributed by atoms with E-state index in [-0.39, 0.29) is 29.0 Å². The molecular formula is C22H16N2O5. The SMILES string of the molecule is C=CCN1C(=O)c2ccc(C(=O)OCC(=O)c3c[nH]c4ccccc34)cc2C1=O. The van der Waals surface area contributed by atoms with Gasteiger partial charge in [0.05, 0.1) is 16.7 Å². The number of imide groups is 1. The number of carbonyl (C=O) groups excluding carboxylic acids is 4. The fourth-order valence-corrected chi connectivity index (χ4v) is 3.31. The summed E-state index contributed by atoms with van der Waals surface area (Å²) >= 11 is 0. The molecule has 0 fully saturated rings. The molecule has 4 rings (SSSR count). The summed E-state index contributed by atoms with van der Waals surface area (Å²) in [5, 5.41) is 0.748. The Bertz CT molecular complexity index is 1190. The van der Waals surface area contributed by atoms with Crippen LogP contribution in [0.2, 0.25) is 0 Å². The molecule has 1 aromatic heterocycles. The number of rotatable bonds is 6. The first-order valence-corrected chi connectivity index (χ1v) is 8.89. The van der Waals surface area contributed by atoms with Crippen molar-refractivity contribution in [1.82, 2.24) is 9.88 Å². The Balaban J connectivity index is 1.49. The molecule has 7 nitrogen and oxygen atoms in total. The minimum Gasteiger partial charge on any atom is -0.454 e. The highest BCUT2D eigenvalue weighted by atomic mass is 16.5. The molecule has 1 N–H and O–H groups in total. The third-order valence-electron chi connectivity index (χ3n) is 4.74. The molecule has 2 heterocycles. The standard InChI is InChI=1S/C22H16N2O5/c1-2-9-24-20(26)15-8-7-13(10-16(15)21(24)27)22(28)29-12-19(25)17-11-23-18-6-4-3-5-14(17)18/h2-8,10-11,23H,1,9,12H2. The van der Waals surface area contributed by atoms with E-state index in [0.29, 0.717) is 5.56 Å². The molecule has 0 saturated carbocycles. The second-order valence-electron chi connectivity index (χ2n) is 6.52. The van der Waals surface area contributed by atoms with Crippen molar-refractivity contribution in [2.45, 2.75) is 0 Å². The van der Waals surface area contributed by atoms with Crippen LogP contribution in [-0.2, 0) is 4.74 Å². The lowest BCUT2D eigenvalue weighted by molar-refractivity contribution is 0.0475. The lowest BCUT2D eigenvalue weighted by Crippen LogP contribution is -2.29. The number of H-pyrrole nitrogens is 1. The number of fused-ring (bicyclic) bond motifs is 2. The number of hydrogen-bond donors (Lipinski definition) is 1. The minimum absolute atomic E-state index is 0.0885. The number of hydrogen-bond acceptors (Lipinski definition) is 5. The summed E-state index contributed by atoms with van der Waals surface area (Å²) in [5.74, 6) is -2.02. The molecule has 0 atom stereocenters. The second-order valence-corrected chi connectivity index (χ2v) is 6.52. The number of para-hydroxylation sites is 1. The summed E-state index contributed by atoms with van der Waals surface area (Å²) < 4.78 is 5.13. The summed E-state index contributed by atoms with van der Waals surface area (Å²) in [7, 11) is 0. The minimum atomic E-state index is -0.747. The van der Waals surface area contributed by atoms with Crippen LogP contribution in [0.1, 0.15) is 41.4 Å². The number of carbonyl (C=O) groups is 4. The average Bonchev–Trinajstić information content (AvgIpc) is 3.27. The number of aromatic nitrogens is 1. The maximum Gasteiger partial charge on any atom is 0.338 e. The van der Waals surface area contributed by atoms with Crippen molar-refractivity contribution in [2.75, 3.05) is 13.2 Å². The lowest BCUT2D eigenvalue weighted by Gasteiger charge is -2.09. The summed E-state index contributed by atoms with van der Waals surface area (Å²) in [6, 6.07) is 11.4. The normalized spacial score (nSPS) is 12.9. The van der Waals surface area contributed by atoms with Crippen LogP contribution in [0.3, 0.4) is 0 Å². The monoisotopic (exact) mass is 388 g/mol. The molecule has 144 valence electrons. The smallest absolute Gasteiger partial charge is 0.338 e. The molecule has 0 saturated heterocycles. The zero-order valence-electron chi connectivity index (χ0n) is 15.3. The number of ether oxygens (including phenoxy) is 1. The molecule has 0 bridgehead atoms. The molecule has 1 aliphatic heterocycles. The number of Topliss-reactive ketones (excluding diaryl/α,β-unsaturated/α-hetero) is 1. The van der Waals surface area contributed by atoms with Gasteiger partial charge in [0.15, 0.2) is 6.61 Å². The number of ketones is 1. The number of aromatic amines is 1. The predicted molar refractivity (Wildman–Crippen MR) is 105 cm³/mol. The van der Waals surface area contributed by atoms with Crippen LogP contribution in [0.25, 0.3) is 10.9 Å². The van der Waals surface area contributed by atoms with Gasteiger partial charge in [0.25, 0.3) is 11.8 Å². The Morgan fingerprint density at radius 3 is 2.62 bits per heavy atom. The van der Waals surface area contributed by atoms with Crippen molar-refractivity contribution in [2.24, 2.45) is 0 Å². The van der Waals surface area contributed by atoms with E-state index in [4.69, 9.17) is 4.74 Å². The molecule has 0 radical (unpaired) electrons. The van der Waals surface area contributed by atoms with Crippen molar-refractivity contribution in [3.8, 4) is 0 Å². The quantitative estimate of drug-likeness (QED) is 0.303. The maximum absolute atomic E-state index is 12.4. The zero-order chi connectivity index (χ0) is 20.5. The van der Waals surface area contributed by atoms with Gasteiger partial charge in [0, 0.05) is 29.2 Å². The topological polar surface area (TPSA) is 96.5 Å².